The lowest BCUT2D eigenvalue weighted by atomic mass is 9.91. The van der Waals surface area contributed by atoms with Gasteiger partial charge in [0.25, 0.3) is 0 Å². The van der Waals surface area contributed by atoms with Gasteiger partial charge in [-0.15, -0.1) is 0 Å². The predicted octanol–water partition coefficient (Wildman–Crippen LogP) is 0.705. The van der Waals surface area contributed by atoms with Gasteiger partial charge in [0.05, 0.1) is 24.4 Å². The van der Waals surface area contributed by atoms with Gasteiger partial charge in [-0.3, -0.25) is 0 Å². The Morgan fingerprint density at radius 2 is 2.00 bits per heavy atom. The summed E-state index contributed by atoms with van der Waals surface area (Å²) in [7, 11) is 1.63. The number of hydrogen-bond acceptors (Lipinski definition) is 3. The molecule has 2 aliphatic heterocycles. The van der Waals surface area contributed by atoms with Gasteiger partial charge < -0.3 is 14.6 Å². The van der Waals surface area contributed by atoms with E-state index in [1.54, 1.807) is 7.11 Å². The summed E-state index contributed by atoms with van der Waals surface area (Å²) in [5, 5.41) is 10.0. The molecule has 3 nitrogen and oxygen atoms in total. The van der Waals surface area contributed by atoms with Crippen LogP contribution in [0.1, 0.15) is 25.7 Å². The summed E-state index contributed by atoms with van der Waals surface area (Å²) in [6, 6.07) is 0. The van der Waals surface area contributed by atoms with Gasteiger partial charge in [-0.2, -0.15) is 0 Å². The summed E-state index contributed by atoms with van der Waals surface area (Å²) < 4.78 is 10.6. The lowest BCUT2D eigenvalue weighted by molar-refractivity contribution is -0.135. The van der Waals surface area contributed by atoms with Gasteiger partial charge in [-0.05, 0) is 12.8 Å². The minimum absolute atomic E-state index is 0.281. The minimum Gasteiger partial charge on any atom is -0.387 e. The number of methoxy groups -OCH3 is 1. The van der Waals surface area contributed by atoms with Crippen molar-refractivity contribution in [1.82, 2.24) is 0 Å². The summed E-state index contributed by atoms with van der Waals surface area (Å²) in [5.41, 5.74) is -0.612. The summed E-state index contributed by atoms with van der Waals surface area (Å²) in [6.45, 7) is 0.448. The fourth-order valence-corrected chi connectivity index (χ4v) is 2.40. The highest BCUT2D eigenvalue weighted by Crippen LogP contribution is 2.38. The molecule has 0 amide bonds. The van der Waals surface area contributed by atoms with E-state index >= 15 is 0 Å². The minimum atomic E-state index is -0.612. The van der Waals surface area contributed by atoms with Crippen LogP contribution in [0.2, 0.25) is 0 Å². The van der Waals surface area contributed by atoms with Crippen molar-refractivity contribution in [2.24, 2.45) is 0 Å². The molecule has 0 aliphatic carbocycles. The van der Waals surface area contributed by atoms with Gasteiger partial charge in [-0.25, -0.2) is 0 Å². The highest BCUT2D eigenvalue weighted by atomic mass is 16.5. The van der Waals surface area contributed by atoms with Crippen molar-refractivity contribution >= 4 is 0 Å². The van der Waals surface area contributed by atoms with Gasteiger partial charge in [0.1, 0.15) is 0 Å². The molecule has 2 aliphatic rings. The second-order valence-corrected chi connectivity index (χ2v) is 4.02. The summed E-state index contributed by atoms with van der Waals surface area (Å²) >= 11 is 0. The van der Waals surface area contributed by atoms with Gasteiger partial charge >= 0.3 is 0 Å². The van der Waals surface area contributed by atoms with Gasteiger partial charge in [-0.1, -0.05) is 0 Å². The molecule has 2 unspecified atom stereocenters. The maximum absolute atomic E-state index is 10.0. The van der Waals surface area contributed by atoms with Gasteiger partial charge in [0, 0.05) is 20.0 Å². The topological polar surface area (TPSA) is 38.7 Å². The average molecular weight is 172 g/mol. The summed E-state index contributed by atoms with van der Waals surface area (Å²) in [4.78, 5) is 0. The number of aliphatic hydroxyl groups is 1. The molecule has 0 aromatic carbocycles. The highest BCUT2D eigenvalue weighted by molar-refractivity contribution is 4.94. The third-order valence-corrected chi connectivity index (χ3v) is 2.82. The first kappa shape index (κ1) is 8.48. The second kappa shape index (κ2) is 2.98. The zero-order valence-electron chi connectivity index (χ0n) is 7.45. The van der Waals surface area contributed by atoms with Crippen molar-refractivity contribution in [3.63, 3.8) is 0 Å². The third kappa shape index (κ3) is 1.49. The standard InChI is InChI=1S/C9H16O3/c1-11-6-9(10)4-7-2-3-8(5-9)12-7/h7-8,10H,2-6H2,1H3. The van der Waals surface area contributed by atoms with E-state index in [0.717, 1.165) is 25.7 Å². The number of hydrogen-bond donors (Lipinski definition) is 1. The Labute approximate surface area is 72.7 Å². The molecule has 0 aromatic heterocycles. The van der Waals surface area contributed by atoms with Gasteiger partial charge in [0.2, 0.25) is 0 Å². The molecule has 0 aromatic rings. The summed E-state index contributed by atoms with van der Waals surface area (Å²) in [6.07, 6.45) is 4.27. The Morgan fingerprint density at radius 3 is 2.50 bits per heavy atom. The zero-order chi connectivity index (χ0) is 8.60. The first-order chi connectivity index (χ1) is 5.72. The van der Waals surface area contributed by atoms with Crippen LogP contribution >= 0.6 is 0 Å². The van der Waals surface area contributed by atoms with E-state index in [2.05, 4.69) is 0 Å². The van der Waals surface area contributed by atoms with Gasteiger partial charge in [0.15, 0.2) is 0 Å². The molecule has 2 heterocycles. The Balaban J connectivity index is 2.00. The molecule has 2 atom stereocenters. The van der Waals surface area contributed by atoms with E-state index in [-0.39, 0.29) is 12.2 Å². The van der Waals surface area contributed by atoms with Crippen molar-refractivity contribution in [2.45, 2.75) is 43.5 Å². The quantitative estimate of drug-likeness (QED) is 0.666. The molecule has 2 fully saturated rings. The summed E-state index contributed by atoms with van der Waals surface area (Å²) in [5.74, 6) is 0. The van der Waals surface area contributed by atoms with Crippen LogP contribution in [0.25, 0.3) is 0 Å². The Kier molecular flexibility index (Phi) is 2.10. The molecule has 1 N–H and O–H groups in total. The molecule has 0 radical (unpaired) electrons. The van der Waals surface area contributed by atoms with Crippen LogP contribution in [-0.2, 0) is 9.47 Å². The third-order valence-electron chi connectivity index (χ3n) is 2.82. The van der Waals surface area contributed by atoms with E-state index < -0.39 is 5.60 Å². The van der Waals surface area contributed by atoms with Crippen LogP contribution < -0.4 is 0 Å². The molecule has 0 saturated carbocycles. The van der Waals surface area contributed by atoms with E-state index in [4.69, 9.17) is 9.47 Å². The predicted molar refractivity (Wildman–Crippen MR) is 44.0 cm³/mol. The molecule has 2 rings (SSSR count). The molecule has 2 bridgehead atoms. The normalized spacial score (nSPS) is 46.5. The van der Waals surface area contributed by atoms with Crippen molar-refractivity contribution in [2.75, 3.05) is 13.7 Å². The van der Waals surface area contributed by atoms with Crippen LogP contribution in [0.3, 0.4) is 0 Å². The molecule has 12 heavy (non-hydrogen) atoms. The van der Waals surface area contributed by atoms with Crippen molar-refractivity contribution < 1.29 is 14.6 Å². The SMILES string of the molecule is COCC1(O)CC2CCC(C1)O2. The van der Waals surface area contributed by atoms with Crippen molar-refractivity contribution in [3.05, 3.63) is 0 Å². The molecular weight excluding hydrogens is 156 g/mol. The first-order valence-corrected chi connectivity index (χ1v) is 4.59. The van der Waals surface area contributed by atoms with Crippen LogP contribution in [0.15, 0.2) is 0 Å². The smallest absolute Gasteiger partial charge is 0.0929 e. The largest absolute Gasteiger partial charge is 0.387 e. The fourth-order valence-electron chi connectivity index (χ4n) is 2.40. The Morgan fingerprint density at radius 1 is 1.42 bits per heavy atom. The monoisotopic (exact) mass is 172 g/mol. The van der Waals surface area contributed by atoms with E-state index in [1.807, 2.05) is 0 Å². The molecule has 0 spiro atoms. The molecular formula is C9H16O3. The van der Waals surface area contributed by atoms with Crippen LogP contribution in [0.4, 0.5) is 0 Å². The Hall–Kier alpha value is -0.120. The molecule has 2 saturated heterocycles. The second-order valence-electron chi connectivity index (χ2n) is 4.02. The van der Waals surface area contributed by atoms with E-state index in [0.29, 0.717) is 6.61 Å². The zero-order valence-corrected chi connectivity index (χ0v) is 7.45. The van der Waals surface area contributed by atoms with E-state index in [9.17, 15) is 5.11 Å². The number of rotatable bonds is 2. The lowest BCUT2D eigenvalue weighted by Crippen LogP contribution is -2.44. The highest BCUT2D eigenvalue weighted by Gasteiger charge is 2.43. The Bertz CT molecular complexity index is 157. The van der Waals surface area contributed by atoms with Crippen LogP contribution in [0, 0.1) is 0 Å². The van der Waals surface area contributed by atoms with Crippen LogP contribution in [-0.4, -0.2) is 36.6 Å². The lowest BCUT2D eigenvalue weighted by Gasteiger charge is -2.35. The number of ether oxygens (including phenoxy) is 2. The van der Waals surface area contributed by atoms with Crippen molar-refractivity contribution in [1.29, 1.82) is 0 Å². The maximum atomic E-state index is 10.0. The fraction of sp³-hybridized carbons (Fsp3) is 1.00. The number of fused-ring (bicyclic) bond motifs is 2. The van der Waals surface area contributed by atoms with Crippen molar-refractivity contribution in [3.8, 4) is 0 Å². The molecule has 3 heteroatoms. The average Bonchev–Trinajstić information content (AvgIpc) is 2.31. The first-order valence-electron chi connectivity index (χ1n) is 4.59. The van der Waals surface area contributed by atoms with Crippen LogP contribution in [0.5, 0.6) is 0 Å². The van der Waals surface area contributed by atoms with E-state index in [1.165, 1.54) is 0 Å². The maximum Gasteiger partial charge on any atom is 0.0929 e. The molecule has 70 valence electrons.